The largest absolute Gasteiger partial charge is 0.453 e. The standard InChI is InChI=1S/C63H62N8O6/c1-39-34-49-21-19-40(35-50(49)42-22-27-44(28-23-42)52-37-64-58(66-52)54-16-10-32-70(54)60(72)56(68-62(74)76-2)46-12-6-4-7-13-46)18-20-41-26-31-48(39)36-51(41)43-24-29-45(30-25-43)53-38-65-59(67-53)55-17-11-33-71(55)61(73)57(69-63(75)77-3)47-14-8-5-9-15-47/h4-9,12-15,19,21-31,35-39,54-57H,10-11,16-18,20,32-34H2,1-3H3,(H,64,66)(H,65,67)(H,68,74)(H,69,75)/t39-,54+,55+,56+,57+/m1/s1. The molecule has 2 aliphatic heterocycles. The maximum Gasteiger partial charge on any atom is 0.407 e. The number of carbonyl (C=O) groups is 4. The molecule has 6 aromatic carbocycles. The Labute approximate surface area is 448 Å². The van der Waals surface area contributed by atoms with E-state index >= 15 is 0 Å². The Morgan fingerprint density at radius 3 is 1.52 bits per heavy atom. The third kappa shape index (κ3) is 10.6. The number of amides is 4. The number of methoxy groups -OCH3 is 2. The fourth-order valence-electron chi connectivity index (χ4n) is 11.5. The first-order valence-corrected chi connectivity index (χ1v) is 26.6. The lowest BCUT2D eigenvalue weighted by Crippen LogP contribution is -2.42. The van der Waals surface area contributed by atoms with Crippen molar-refractivity contribution in [2.45, 2.75) is 82.0 Å². The van der Waals surface area contributed by atoms with Gasteiger partial charge >= 0.3 is 12.2 Å². The van der Waals surface area contributed by atoms with Gasteiger partial charge in [0.05, 0.1) is 37.7 Å². The molecule has 390 valence electrons. The Hall–Kier alpha value is -8.78. The highest BCUT2D eigenvalue weighted by molar-refractivity contribution is 5.88. The van der Waals surface area contributed by atoms with Gasteiger partial charge in [-0.25, -0.2) is 19.6 Å². The van der Waals surface area contributed by atoms with Gasteiger partial charge in [0.15, 0.2) is 0 Å². The van der Waals surface area contributed by atoms with Crippen LogP contribution in [0.3, 0.4) is 0 Å². The number of imidazole rings is 2. The zero-order valence-corrected chi connectivity index (χ0v) is 43.5. The Kier molecular flexibility index (Phi) is 14.5. The van der Waals surface area contributed by atoms with Crippen molar-refractivity contribution in [3.05, 3.63) is 203 Å². The second-order valence-electron chi connectivity index (χ2n) is 20.3. The molecule has 4 aliphatic carbocycles. The highest BCUT2D eigenvalue weighted by Crippen LogP contribution is 2.39. The second-order valence-corrected chi connectivity index (χ2v) is 20.3. The van der Waals surface area contributed by atoms with E-state index < -0.39 is 24.3 Å². The number of benzene rings is 6. The van der Waals surface area contributed by atoms with Crippen LogP contribution < -0.4 is 10.6 Å². The van der Waals surface area contributed by atoms with Crippen molar-refractivity contribution in [2.75, 3.05) is 27.3 Å². The van der Waals surface area contributed by atoms with Crippen LogP contribution >= 0.6 is 0 Å². The second kappa shape index (κ2) is 22.2. The van der Waals surface area contributed by atoms with Gasteiger partial charge in [-0.05, 0) is 106 Å². The van der Waals surface area contributed by atoms with Crippen LogP contribution in [0.5, 0.6) is 0 Å². The van der Waals surface area contributed by atoms with E-state index in [0.717, 1.165) is 90.2 Å². The summed E-state index contributed by atoms with van der Waals surface area (Å²) in [5.41, 5.74) is 14.9. The third-order valence-corrected chi connectivity index (χ3v) is 15.6. The minimum atomic E-state index is -0.883. The zero-order valence-electron chi connectivity index (χ0n) is 43.5. The molecular weight excluding hydrogens is 965 g/mol. The third-order valence-electron chi connectivity index (χ3n) is 15.6. The van der Waals surface area contributed by atoms with E-state index in [1.54, 1.807) is 0 Å². The van der Waals surface area contributed by atoms with Gasteiger partial charge in [-0.15, -0.1) is 0 Å². The van der Waals surface area contributed by atoms with Crippen LogP contribution in [0.15, 0.2) is 158 Å². The van der Waals surface area contributed by atoms with Gasteiger partial charge < -0.3 is 39.9 Å². The Bertz CT molecular complexity index is 3410. The molecule has 14 nitrogen and oxygen atoms in total. The molecule has 77 heavy (non-hydrogen) atoms. The molecule has 5 atom stereocenters. The highest BCUT2D eigenvalue weighted by atomic mass is 16.5. The van der Waals surface area contributed by atoms with Gasteiger partial charge in [-0.2, -0.15) is 0 Å². The fraction of sp³-hybridized carbons (Fsp3) is 0.270. The number of H-pyrrole nitrogens is 2. The minimum absolute atomic E-state index is 0.202. The van der Waals surface area contributed by atoms with Gasteiger partial charge in [-0.1, -0.05) is 153 Å². The molecule has 14 heteroatoms. The normalized spacial score (nSPS) is 17.8. The van der Waals surface area contributed by atoms with Crippen LogP contribution in [0.25, 0.3) is 44.8 Å². The summed E-state index contributed by atoms with van der Waals surface area (Å²) in [6, 6.07) is 47.5. The van der Waals surface area contributed by atoms with Crippen LogP contribution in [-0.4, -0.2) is 81.0 Å². The topological polar surface area (TPSA) is 175 Å². The molecule has 6 aliphatic rings. The van der Waals surface area contributed by atoms with Crippen LogP contribution in [0.2, 0.25) is 0 Å². The summed E-state index contributed by atoms with van der Waals surface area (Å²) in [7, 11) is 2.59. The first-order chi connectivity index (χ1) is 37.6. The summed E-state index contributed by atoms with van der Waals surface area (Å²) in [5, 5.41) is 5.49. The van der Waals surface area contributed by atoms with Crippen LogP contribution in [0, 0.1) is 0 Å². The molecule has 0 spiro atoms. The molecule has 0 radical (unpaired) electrons. The Balaban J connectivity index is 0.774. The lowest BCUT2D eigenvalue weighted by Gasteiger charge is -2.28. The highest BCUT2D eigenvalue weighted by Gasteiger charge is 2.39. The molecule has 2 aromatic heterocycles. The lowest BCUT2D eigenvalue weighted by molar-refractivity contribution is -0.135. The molecule has 4 N–H and O–H groups in total. The number of alkyl carbamates (subject to hydrolysis) is 2. The summed E-state index contributed by atoms with van der Waals surface area (Å²) in [6.45, 7) is 3.43. The molecule has 4 bridgehead atoms. The van der Waals surface area contributed by atoms with Crippen molar-refractivity contribution in [1.29, 1.82) is 0 Å². The van der Waals surface area contributed by atoms with Crippen molar-refractivity contribution in [2.24, 2.45) is 0 Å². The van der Waals surface area contributed by atoms with Crippen molar-refractivity contribution < 1.29 is 28.7 Å². The number of hydrogen-bond acceptors (Lipinski definition) is 8. The minimum Gasteiger partial charge on any atom is -0.453 e. The number of nitrogens with zero attached hydrogens (tertiary/aromatic N) is 4. The van der Waals surface area contributed by atoms with Crippen molar-refractivity contribution in [3.8, 4) is 44.8 Å². The smallest absolute Gasteiger partial charge is 0.407 e. The zero-order chi connectivity index (χ0) is 53.0. The number of nitrogens with one attached hydrogen (secondary N) is 4. The SMILES string of the molecule is COC(=O)N[C@H](C(=O)N1CCC[C@H]1c1nc(-c2ccc(-c3cc4ccc3CCc3ccc(c(-c5ccc(-c6c[nH]c([C@@H]7CCCN7C(=O)[C@@H](NC(=O)OC)c7ccccc7)n6)cc5)c3)C[C@H]4C)cc2)c[nH]1)c1ccccc1. The monoisotopic (exact) mass is 1030 g/mol. The number of likely N-dealkylation sites (tertiary alicyclic amines) is 2. The summed E-state index contributed by atoms with van der Waals surface area (Å²) in [6.07, 6.45) is 8.29. The number of hydrogen-bond donors (Lipinski definition) is 4. The molecule has 8 aromatic rings. The van der Waals surface area contributed by atoms with E-state index in [-0.39, 0.29) is 29.8 Å². The molecule has 4 heterocycles. The first-order valence-electron chi connectivity index (χ1n) is 26.6. The predicted molar refractivity (Wildman–Crippen MR) is 295 cm³/mol. The fourth-order valence-corrected chi connectivity index (χ4v) is 11.5. The van der Waals surface area contributed by atoms with E-state index in [1.165, 1.54) is 47.6 Å². The summed E-state index contributed by atoms with van der Waals surface area (Å²) >= 11 is 0. The van der Waals surface area contributed by atoms with Gasteiger partial charge in [-0.3, -0.25) is 9.59 Å². The summed E-state index contributed by atoms with van der Waals surface area (Å²) < 4.78 is 9.76. The first kappa shape index (κ1) is 50.4. The van der Waals surface area contributed by atoms with Crippen molar-refractivity contribution >= 4 is 24.0 Å². The number of ether oxygens (including phenoxy) is 2. The van der Waals surface area contributed by atoms with Crippen LogP contribution in [-0.2, 0) is 38.3 Å². The average molecular weight is 1030 g/mol. The molecule has 0 unspecified atom stereocenters. The molecule has 14 rings (SSSR count). The van der Waals surface area contributed by atoms with E-state index in [4.69, 9.17) is 19.4 Å². The molecule has 0 saturated carbocycles. The molecule has 2 saturated heterocycles. The lowest BCUT2D eigenvalue weighted by atomic mass is 9.84. The number of carbonyl (C=O) groups excluding carboxylic acids is 4. The van der Waals surface area contributed by atoms with Gasteiger partial charge in [0.1, 0.15) is 23.7 Å². The summed E-state index contributed by atoms with van der Waals surface area (Å²) in [5.74, 6) is 1.28. The van der Waals surface area contributed by atoms with Crippen LogP contribution in [0.4, 0.5) is 9.59 Å². The van der Waals surface area contributed by atoms with E-state index in [9.17, 15) is 19.2 Å². The number of aromatic nitrogens is 4. The van der Waals surface area contributed by atoms with Gasteiger partial charge in [0.25, 0.3) is 11.8 Å². The maximum atomic E-state index is 14.1. The van der Waals surface area contributed by atoms with Gasteiger partial charge in [0.2, 0.25) is 0 Å². The van der Waals surface area contributed by atoms with Gasteiger partial charge in [0, 0.05) is 36.6 Å². The van der Waals surface area contributed by atoms with Crippen molar-refractivity contribution in [1.82, 2.24) is 40.4 Å². The summed E-state index contributed by atoms with van der Waals surface area (Å²) in [4.78, 5) is 73.3. The number of rotatable bonds is 12. The average Bonchev–Trinajstić information content (AvgIpc) is 4.35. The van der Waals surface area contributed by atoms with E-state index in [2.05, 4.69) is 112 Å². The molecule has 2 fully saturated rings. The molecular formula is C63H62N8O6. The number of aromatic amines is 2. The maximum absolute atomic E-state index is 14.1. The quantitative estimate of drug-likeness (QED) is 0.0935. The van der Waals surface area contributed by atoms with E-state index in [1.807, 2.05) is 82.9 Å². The van der Waals surface area contributed by atoms with Crippen LogP contribution in [0.1, 0.15) is 108 Å². The Morgan fingerprint density at radius 2 is 1.03 bits per heavy atom. The predicted octanol–water partition coefficient (Wildman–Crippen LogP) is 11.8. The molecule has 4 amide bonds. The number of aryl methyl sites for hydroxylation is 2. The van der Waals surface area contributed by atoms with Crippen molar-refractivity contribution in [3.63, 3.8) is 0 Å². The van der Waals surface area contributed by atoms with E-state index in [0.29, 0.717) is 24.2 Å². The Morgan fingerprint density at radius 1 is 0.558 bits per heavy atom.